The van der Waals surface area contributed by atoms with Crippen LogP contribution >= 0.6 is 0 Å². The van der Waals surface area contributed by atoms with E-state index in [1.807, 2.05) is 0 Å². The number of carbonyl (C=O) groups is 2. The van der Waals surface area contributed by atoms with Crippen LogP contribution in [0, 0.1) is 52.3 Å². The van der Waals surface area contributed by atoms with Gasteiger partial charge in [0, 0.05) is 18.8 Å². The standard InChI is InChI=1S/C26H42O2/c1-5-6-17(2)21-9-10-22-20-8-7-19-15-24(28)18(12-14-27)16-26(19,4)23(20)11-13-25(21,22)3/h14,17-23H,5-13,15-16H2,1-4H3/t17-,18+,19+,20+,21-,22+,23+,25-,26+/m1/s1. The highest BCUT2D eigenvalue weighted by Gasteiger charge is 2.61. The van der Waals surface area contributed by atoms with E-state index in [-0.39, 0.29) is 5.92 Å². The van der Waals surface area contributed by atoms with Crippen molar-refractivity contribution in [3.63, 3.8) is 0 Å². The number of aldehydes is 1. The second kappa shape index (κ2) is 7.55. The minimum atomic E-state index is 0.00622. The molecule has 0 aromatic carbocycles. The van der Waals surface area contributed by atoms with Crippen molar-refractivity contribution in [3.8, 4) is 0 Å². The van der Waals surface area contributed by atoms with E-state index < -0.39 is 0 Å². The Labute approximate surface area is 172 Å². The van der Waals surface area contributed by atoms with Gasteiger partial charge in [-0.1, -0.05) is 40.5 Å². The maximum Gasteiger partial charge on any atom is 0.136 e. The maximum atomic E-state index is 12.6. The van der Waals surface area contributed by atoms with Crippen molar-refractivity contribution < 1.29 is 9.59 Å². The molecule has 0 bridgehead atoms. The molecule has 4 aliphatic carbocycles. The van der Waals surface area contributed by atoms with E-state index in [0.717, 1.165) is 48.7 Å². The maximum absolute atomic E-state index is 12.6. The summed E-state index contributed by atoms with van der Waals surface area (Å²) in [5.41, 5.74) is 0.838. The van der Waals surface area contributed by atoms with Crippen molar-refractivity contribution in [1.29, 1.82) is 0 Å². The van der Waals surface area contributed by atoms with Gasteiger partial charge in [0.15, 0.2) is 0 Å². The zero-order chi connectivity index (χ0) is 20.1. The molecule has 158 valence electrons. The summed E-state index contributed by atoms with van der Waals surface area (Å²) in [7, 11) is 0. The average molecular weight is 387 g/mol. The Balaban J connectivity index is 1.57. The van der Waals surface area contributed by atoms with Gasteiger partial charge in [0.05, 0.1) is 0 Å². The zero-order valence-electron chi connectivity index (χ0n) is 18.7. The molecule has 0 unspecified atom stereocenters. The summed E-state index contributed by atoms with van der Waals surface area (Å²) >= 11 is 0. The van der Waals surface area contributed by atoms with E-state index in [2.05, 4.69) is 27.7 Å². The third kappa shape index (κ3) is 3.03. The molecule has 0 aromatic heterocycles. The van der Waals surface area contributed by atoms with E-state index in [1.54, 1.807) is 0 Å². The predicted molar refractivity (Wildman–Crippen MR) is 114 cm³/mol. The summed E-state index contributed by atoms with van der Waals surface area (Å²) in [6.45, 7) is 10.0. The first-order valence-electron chi connectivity index (χ1n) is 12.3. The van der Waals surface area contributed by atoms with E-state index in [1.165, 1.54) is 51.4 Å². The molecule has 4 rings (SSSR count). The van der Waals surface area contributed by atoms with Crippen LogP contribution < -0.4 is 0 Å². The second-order valence-electron chi connectivity index (χ2n) is 11.6. The normalized spacial score (nSPS) is 49.1. The third-order valence-electron chi connectivity index (χ3n) is 10.5. The van der Waals surface area contributed by atoms with Gasteiger partial charge >= 0.3 is 0 Å². The monoisotopic (exact) mass is 386 g/mol. The SMILES string of the molecule is CCC[C@@H](C)[C@H]1CC[C@H]2[C@@H]3CC[C@H]4CC(=O)[C@@H](CC=O)C[C@]4(C)[C@H]3CC[C@]12C. The lowest BCUT2D eigenvalue weighted by atomic mass is 9.43. The summed E-state index contributed by atoms with van der Waals surface area (Å²) in [4.78, 5) is 23.8. The first-order chi connectivity index (χ1) is 13.3. The van der Waals surface area contributed by atoms with Crippen LogP contribution in [0.1, 0.15) is 98.3 Å². The third-order valence-corrected chi connectivity index (χ3v) is 10.5. The number of ketones is 1. The van der Waals surface area contributed by atoms with Crippen LogP contribution in [0.3, 0.4) is 0 Å². The van der Waals surface area contributed by atoms with Crippen molar-refractivity contribution in [3.05, 3.63) is 0 Å². The number of rotatable bonds is 5. The summed E-state index contributed by atoms with van der Waals surface area (Å²) in [6, 6.07) is 0. The quantitative estimate of drug-likeness (QED) is 0.508. The van der Waals surface area contributed by atoms with Crippen LogP contribution in [0.25, 0.3) is 0 Å². The van der Waals surface area contributed by atoms with Gasteiger partial charge in [-0.15, -0.1) is 0 Å². The fraction of sp³-hybridized carbons (Fsp3) is 0.923. The van der Waals surface area contributed by atoms with E-state index >= 15 is 0 Å². The van der Waals surface area contributed by atoms with Crippen molar-refractivity contribution in [2.75, 3.05) is 0 Å². The van der Waals surface area contributed by atoms with E-state index in [4.69, 9.17) is 0 Å². The summed E-state index contributed by atoms with van der Waals surface area (Å²) in [5, 5.41) is 0. The van der Waals surface area contributed by atoms with E-state index in [9.17, 15) is 9.59 Å². The fourth-order valence-corrected chi connectivity index (χ4v) is 9.21. The lowest BCUT2D eigenvalue weighted by Crippen LogP contribution is -2.55. The molecule has 28 heavy (non-hydrogen) atoms. The van der Waals surface area contributed by atoms with Crippen molar-refractivity contribution >= 4 is 12.1 Å². The van der Waals surface area contributed by atoms with Gasteiger partial charge in [-0.25, -0.2) is 0 Å². The molecule has 4 fully saturated rings. The summed E-state index contributed by atoms with van der Waals surface area (Å²) in [6.07, 6.45) is 14.1. The molecule has 0 aliphatic heterocycles. The van der Waals surface area contributed by atoms with Crippen LogP contribution in [-0.2, 0) is 9.59 Å². The molecule has 0 radical (unpaired) electrons. The summed E-state index contributed by atoms with van der Waals surface area (Å²) in [5.74, 6) is 5.29. The average Bonchev–Trinajstić information content (AvgIpc) is 3.00. The zero-order valence-corrected chi connectivity index (χ0v) is 18.7. The Kier molecular flexibility index (Phi) is 5.55. The van der Waals surface area contributed by atoms with Crippen LogP contribution in [0.2, 0.25) is 0 Å². The first kappa shape index (κ1) is 20.6. The predicted octanol–water partition coefficient (Wildman–Crippen LogP) is 6.47. The molecule has 0 saturated heterocycles. The topological polar surface area (TPSA) is 34.1 Å². The Morgan fingerprint density at radius 2 is 1.82 bits per heavy atom. The number of fused-ring (bicyclic) bond motifs is 5. The molecule has 0 N–H and O–H groups in total. The molecule has 4 saturated carbocycles. The van der Waals surface area contributed by atoms with Gasteiger partial charge in [-0.2, -0.15) is 0 Å². The number of Topliss-reactive ketones (excluding diaryl/α,β-unsaturated/α-hetero) is 1. The Morgan fingerprint density at radius 3 is 2.54 bits per heavy atom. The van der Waals surface area contributed by atoms with Gasteiger partial charge in [-0.05, 0) is 91.3 Å². The summed E-state index contributed by atoms with van der Waals surface area (Å²) < 4.78 is 0. The van der Waals surface area contributed by atoms with Crippen LogP contribution in [0.4, 0.5) is 0 Å². The molecular formula is C26H42O2. The molecule has 2 heteroatoms. The highest BCUT2D eigenvalue weighted by atomic mass is 16.1. The van der Waals surface area contributed by atoms with Gasteiger partial charge in [-0.3, -0.25) is 4.79 Å². The van der Waals surface area contributed by atoms with Crippen LogP contribution in [0.5, 0.6) is 0 Å². The molecule has 9 atom stereocenters. The van der Waals surface area contributed by atoms with Crippen LogP contribution in [0.15, 0.2) is 0 Å². The minimum absolute atomic E-state index is 0.00622. The Bertz CT molecular complexity index is 612. The molecule has 4 aliphatic rings. The van der Waals surface area contributed by atoms with Crippen LogP contribution in [-0.4, -0.2) is 12.1 Å². The molecule has 0 spiro atoms. The highest BCUT2D eigenvalue weighted by molar-refractivity contribution is 5.84. The van der Waals surface area contributed by atoms with Gasteiger partial charge < -0.3 is 4.79 Å². The van der Waals surface area contributed by atoms with Crippen molar-refractivity contribution in [2.24, 2.45) is 52.3 Å². The van der Waals surface area contributed by atoms with E-state index in [0.29, 0.717) is 29.0 Å². The lowest BCUT2D eigenvalue weighted by Gasteiger charge is -2.61. The van der Waals surface area contributed by atoms with Crippen molar-refractivity contribution in [2.45, 2.75) is 98.3 Å². The van der Waals surface area contributed by atoms with Gasteiger partial charge in [0.25, 0.3) is 0 Å². The van der Waals surface area contributed by atoms with Gasteiger partial charge in [0.1, 0.15) is 12.1 Å². The Hall–Kier alpha value is -0.660. The number of hydrogen-bond acceptors (Lipinski definition) is 2. The molecule has 2 nitrogen and oxygen atoms in total. The number of hydrogen-bond donors (Lipinski definition) is 0. The largest absolute Gasteiger partial charge is 0.303 e. The molecule has 0 amide bonds. The van der Waals surface area contributed by atoms with Crippen molar-refractivity contribution in [1.82, 2.24) is 0 Å². The minimum Gasteiger partial charge on any atom is -0.303 e. The molecule has 0 aromatic rings. The Morgan fingerprint density at radius 1 is 1.07 bits per heavy atom. The highest BCUT2D eigenvalue weighted by Crippen LogP contribution is 2.68. The molecular weight excluding hydrogens is 344 g/mol. The van der Waals surface area contributed by atoms with Gasteiger partial charge in [0.2, 0.25) is 0 Å². The second-order valence-corrected chi connectivity index (χ2v) is 11.6. The number of carbonyl (C=O) groups excluding carboxylic acids is 2. The lowest BCUT2D eigenvalue weighted by molar-refractivity contribution is -0.149. The smallest absolute Gasteiger partial charge is 0.136 e. The molecule has 0 heterocycles. The fourth-order valence-electron chi connectivity index (χ4n) is 9.21. The first-order valence-corrected chi connectivity index (χ1v) is 12.3.